The molecule has 2 aliphatic rings. The largest absolute Gasteiger partial charge is 0.408 e. The summed E-state index contributed by atoms with van der Waals surface area (Å²) >= 11 is 0. The Labute approximate surface area is 153 Å². The summed E-state index contributed by atoms with van der Waals surface area (Å²) < 4.78 is 24.8. The minimum Gasteiger partial charge on any atom is -0.408 e. The lowest BCUT2D eigenvalue weighted by Gasteiger charge is -2.42. The van der Waals surface area contributed by atoms with Crippen molar-refractivity contribution in [3.05, 3.63) is 0 Å². The Hall–Kier alpha value is -0.273. The second kappa shape index (κ2) is 7.77. The van der Waals surface area contributed by atoms with Crippen LogP contribution in [0.1, 0.15) is 59.8 Å². The summed E-state index contributed by atoms with van der Waals surface area (Å²) in [4.78, 5) is 11.7. The highest BCUT2D eigenvalue weighted by molar-refractivity contribution is 6.74. The van der Waals surface area contributed by atoms with Gasteiger partial charge in [-0.25, -0.2) is 0 Å². The Kier molecular flexibility index (Phi) is 6.53. The lowest BCUT2D eigenvalue weighted by molar-refractivity contribution is -0.203. The van der Waals surface area contributed by atoms with Gasteiger partial charge in [-0.3, -0.25) is 0 Å². The molecule has 1 aliphatic heterocycles. The van der Waals surface area contributed by atoms with Crippen molar-refractivity contribution in [1.29, 1.82) is 0 Å². The molecule has 0 aromatic heterocycles. The Balaban J connectivity index is 2.25. The van der Waals surface area contributed by atoms with Gasteiger partial charge in [-0.2, -0.15) is 0 Å². The van der Waals surface area contributed by atoms with Gasteiger partial charge >= 0.3 is 0 Å². The van der Waals surface area contributed by atoms with Gasteiger partial charge in [-0.1, -0.05) is 27.2 Å². The third-order valence-electron chi connectivity index (χ3n) is 6.12. The van der Waals surface area contributed by atoms with Crippen LogP contribution in [-0.4, -0.2) is 51.9 Å². The van der Waals surface area contributed by atoms with Gasteiger partial charge in [0.05, 0.1) is 6.10 Å². The van der Waals surface area contributed by atoms with Gasteiger partial charge in [0.15, 0.2) is 20.4 Å². The summed E-state index contributed by atoms with van der Waals surface area (Å²) in [6, 6.07) is 0. The van der Waals surface area contributed by atoms with Gasteiger partial charge in [0.25, 0.3) is 0 Å². The monoisotopic (exact) mass is 372 g/mol. The molecule has 0 amide bonds. The molecule has 0 unspecified atom stereocenters. The normalized spacial score (nSPS) is 29.6. The zero-order valence-corrected chi connectivity index (χ0v) is 18.0. The molecular formula is C19H36O5Si. The zero-order chi connectivity index (χ0) is 18.9. The van der Waals surface area contributed by atoms with E-state index in [0.717, 1.165) is 32.0 Å². The fourth-order valence-electron chi connectivity index (χ4n) is 3.54. The van der Waals surface area contributed by atoms with Crippen LogP contribution in [0, 0.1) is 0 Å². The molecule has 25 heavy (non-hydrogen) atoms. The molecule has 1 saturated heterocycles. The van der Waals surface area contributed by atoms with E-state index < -0.39 is 26.3 Å². The molecule has 1 aliphatic carbocycles. The number of hydrogen-bond donors (Lipinski definition) is 0. The maximum Gasteiger partial charge on any atom is 0.192 e. The van der Waals surface area contributed by atoms with Gasteiger partial charge in [-0.05, 0) is 37.9 Å². The lowest BCUT2D eigenvalue weighted by Crippen LogP contribution is -2.54. The smallest absolute Gasteiger partial charge is 0.192 e. The topological polar surface area (TPSA) is 54.0 Å². The van der Waals surface area contributed by atoms with Crippen molar-refractivity contribution >= 4 is 14.6 Å². The molecular weight excluding hydrogens is 336 g/mol. The number of rotatable bonds is 6. The first kappa shape index (κ1) is 21.0. The summed E-state index contributed by atoms with van der Waals surface area (Å²) in [5.41, 5.74) is 0. The fraction of sp³-hybridized carbons (Fsp3) is 0.947. The average molecular weight is 373 g/mol. The molecule has 1 spiro atoms. The van der Waals surface area contributed by atoms with Crippen molar-refractivity contribution in [3.8, 4) is 0 Å². The Morgan fingerprint density at radius 1 is 1.16 bits per heavy atom. The maximum atomic E-state index is 11.7. The summed E-state index contributed by atoms with van der Waals surface area (Å²) in [6.45, 7) is 13.0. The van der Waals surface area contributed by atoms with E-state index in [4.69, 9.17) is 18.6 Å². The molecule has 0 aromatic carbocycles. The zero-order valence-electron chi connectivity index (χ0n) is 17.0. The molecule has 2 fully saturated rings. The van der Waals surface area contributed by atoms with E-state index in [0.29, 0.717) is 0 Å². The Morgan fingerprint density at radius 3 is 2.24 bits per heavy atom. The van der Waals surface area contributed by atoms with Crippen LogP contribution < -0.4 is 0 Å². The minimum absolute atomic E-state index is 0.0393. The standard InChI is InChI=1S/C19H36O5Si/c1-14-16(23-19(22-14)11-9-8-10-12-19)17(15(13-20)21-5)24-25(6,7)18(2,3)4/h13-17H,8-12H2,1-7H3/t14-,15+,16+,17-/m1/s1. The van der Waals surface area contributed by atoms with Crippen molar-refractivity contribution in [1.82, 2.24) is 0 Å². The summed E-state index contributed by atoms with van der Waals surface area (Å²) in [7, 11) is -0.542. The van der Waals surface area contributed by atoms with Crippen LogP contribution in [0.25, 0.3) is 0 Å². The number of carbonyl (C=O) groups excluding carboxylic acids is 1. The SMILES string of the molecule is CO[C@@H](C=O)[C@@H](O[Si](C)(C)C(C)(C)C)[C@H]1OC2(CCCCC2)O[C@@H]1C. The average Bonchev–Trinajstić information content (AvgIpc) is 2.82. The predicted molar refractivity (Wildman–Crippen MR) is 100 cm³/mol. The third-order valence-corrected chi connectivity index (χ3v) is 10.6. The highest BCUT2D eigenvalue weighted by Crippen LogP contribution is 2.44. The second-order valence-corrected chi connectivity index (χ2v) is 13.8. The number of methoxy groups -OCH3 is 1. The van der Waals surface area contributed by atoms with Gasteiger partial charge < -0.3 is 23.4 Å². The molecule has 0 radical (unpaired) electrons. The van der Waals surface area contributed by atoms with E-state index >= 15 is 0 Å². The van der Waals surface area contributed by atoms with Gasteiger partial charge in [0.2, 0.25) is 0 Å². The summed E-state index contributed by atoms with van der Waals surface area (Å²) in [5, 5.41) is 0.0393. The molecule has 146 valence electrons. The minimum atomic E-state index is -2.10. The highest BCUT2D eigenvalue weighted by atomic mass is 28.4. The van der Waals surface area contributed by atoms with Gasteiger partial charge in [0, 0.05) is 20.0 Å². The maximum absolute atomic E-state index is 11.7. The summed E-state index contributed by atoms with van der Waals surface area (Å²) in [5.74, 6) is -0.501. The number of carbonyl (C=O) groups is 1. The first-order valence-electron chi connectivity index (χ1n) is 9.57. The first-order valence-corrected chi connectivity index (χ1v) is 12.5. The number of hydrogen-bond acceptors (Lipinski definition) is 5. The molecule has 5 nitrogen and oxygen atoms in total. The summed E-state index contributed by atoms with van der Waals surface area (Å²) in [6.07, 6.45) is 4.63. The van der Waals surface area contributed by atoms with E-state index in [2.05, 4.69) is 33.9 Å². The molecule has 0 N–H and O–H groups in total. The quantitative estimate of drug-likeness (QED) is 0.520. The van der Waals surface area contributed by atoms with E-state index in [-0.39, 0.29) is 17.2 Å². The third kappa shape index (κ3) is 4.53. The fourth-order valence-corrected chi connectivity index (χ4v) is 4.85. The Morgan fingerprint density at radius 2 is 1.76 bits per heavy atom. The van der Waals surface area contributed by atoms with Crippen LogP contribution in [0.4, 0.5) is 0 Å². The van der Waals surface area contributed by atoms with Crippen molar-refractivity contribution in [2.24, 2.45) is 0 Å². The highest BCUT2D eigenvalue weighted by Gasteiger charge is 2.53. The lowest BCUT2D eigenvalue weighted by atomic mass is 9.94. The van der Waals surface area contributed by atoms with E-state index in [1.807, 2.05) is 6.92 Å². The molecule has 4 atom stereocenters. The molecule has 2 rings (SSSR count). The first-order chi connectivity index (χ1) is 11.6. The molecule has 1 heterocycles. The van der Waals surface area contributed by atoms with Crippen molar-refractivity contribution in [3.63, 3.8) is 0 Å². The Bertz CT molecular complexity index is 453. The predicted octanol–water partition coefficient (Wildman–Crippen LogP) is 4.06. The van der Waals surface area contributed by atoms with Gasteiger partial charge in [0.1, 0.15) is 18.3 Å². The van der Waals surface area contributed by atoms with E-state index in [1.165, 1.54) is 6.42 Å². The number of ether oxygens (including phenoxy) is 3. The van der Waals surface area contributed by atoms with Crippen LogP contribution in [0.5, 0.6) is 0 Å². The van der Waals surface area contributed by atoms with E-state index in [9.17, 15) is 4.79 Å². The van der Waals surface area contributed by atoms with Crippen LogP contribution in [0.15, 0.2) is 0 Å². The second-order valence-electron chi connectivity index (χ2n) is 9.06. The van der Waals surface area contributed by atoms with Crippen LogP contribution >= 0.6 is 0 Å². The van der Waals surface area contributed by atoms with Gasteiger partial charge in [-0.15, -0.1) is 0 Å². The van der Waals surface area contributed by atoms with Crippen molar-refractivity contribution in [2.75, 3.05) is 7.11 Å². The molecule has 6 heteroatoms. The van der Waals surface area contributed by atoms with Crippen molar-refractivity contribution < 1.29 is 23.4 Å². The molecule has 0 aromatic rings. The van der Waals surface area contributed by atoms with Crippen LogP contribution in [0.2, 0.25) is 18.1 Å². The molecule has 0 bridgehead atoms. The molecule has 1 saturated carbocycles. The van der Waals surface area contributed by atoms with Crippen molar-refractivity contribution in [2.45, 2.75) is 108 Å². The van der Waals surface area contributed by atoms with Crippen LogP contribution in [0.3, 0.4) is 0 Å². The van der Waals surface area contributed by atoms with Crippen LogP contribution in [-0.2, 0) is 23.4 Å². The van der Waals surface area contributed by atoms with E-state index in [1.54, 1.807) is 7.11 Å². The number of aldehydes is 1.